The molecular weight excluding hydrogens is 574 g/mol. The fraction of sp³-hybridized carbons (Fsp3) is 0.433. The molecule has 0 bridgehead atoms. The zero-order valence-electron chi connectivity index (χ0n) is 25.0. The second-order valence-corrected chi connectivity index (χ2v) is 11.1. The van der Waals surface area contributed by atoms with Gasteiger partial charge in [0.15, 0.2) is 0 Å². The molecule has 0 heterocycles. The predicted molar refractivity (Wildman–Crippen MR) is 160 cm³/mol. The second kappa shape index (κ2) is 16.6. The van der Waals surface area contributed by atoms with Crippen molar-refractivity contribution in [3.05, 3.63) is 64.2 Å². The number of carboxylic acid groups (broad SMARTS) is 1. The Labute approximate surface area is 254 Å². The first-order valence-corrected chi connectivity index (χ1v) is 14.1. The van der Waals surface area contributed by atoms with Gasteiger partial charge in [-0.2, -0.15) is 0 Å². The second-order valence-electron chi connectivity index (χ2n) is 11.1. The summed E-state index contributed by atoms with van der Waals surface area (Å²) in [5, 5.41) is 40.0. The van der Waals surface area contributed by atoms with Gasteiger partial charge >= 0.3 is 5.97 Å². The number of aliphatic carboxylic acids is 1. The maximum Gasteiger partial charge on any atom is 0.303 e. The highest BCUT2D eigenvalue weighted by Gasteiger charge is 2.31. The van der Waals surface area contributed by atoms with E-state index >= 15 is 0 Å². The minimum absolute atomic E-state index is 0.00577. The Bertz CT molecular complexity index is 1330. The van der Waals surface area contributed by atoms with Gasteiger partial charge in [-0.25, -0.2) is 0 Å². The third kappa shape index (κ3) is 11.7. The molecule has 14 heteroatoms. The molecule has 0 radical (unpaired) electrons. The van der Waals surface area contributed by atoms with Gasteiger partial charge in [-0.15, -0.1) is 0 Å². The first-order chi connectivity index (χ1) is 20.7. The lowest BCUT2D eigenvalue weighted by atomic mass is 9.99. The van der Waals surface area contributed by atoms with Crippen molar-refractivity contribution < 1.29 is 39.1 Å². The van der Waals surface area contributed by atoms with Crippen LogP contribution >= 0.6 is 0 Å². The molecule has 44 heavy (non-hydrogen) atoms. The lowest BCUT2D eigenvalue weighted by molar-refractivity contribution is -0.384. The number of nitrogens with one attached hydrogen (secondary N) is 4. The highest BCUT2D eigenvalue weighted by Crippen LogP contribution is 2.17. The molecule has 0 aromatic heterocycles. The van der Waals surface area contributed by atoms with Gasteiger partial charge in [0.1, 0.15) is 23.9 Å². The summed E-state index contributed by atoms with van der Waals surface area (Å²) in [5.74, 6) is -4.16. The normalized spacial score (nSPS) is 13.0. The van der Waals surface area contributed by atoms with E-state index in [-0.39, 0.29) is 42.5 Å². The minimum atomic E-state index is -1.18. The molecule has 0 aliphatic heterocycles. The van der Waals surface area contributed by atoms with Crippen LogP contribution in [0, 0.1) is 22.0 Å². The number of nitro groups is 1. The summed E-state index contributed by atoms with van der Waals surface area (Å²) in [5.41, 5.74) is 0.739. The predicted octanol–water partition coefficient (Wildman–Crippen LogP) is 2.50. The van der Waals surface area contributed by atoms with Crippen LogP contribution in [0.4, 0.5) is 11.4 Å². The van der Waals surface area contributed by atoms with Crippen LogP contribution in [0.15, 0.2) is 48.5 Å². The average molecular weight is 614 g/mol. The van der Waals surface area contributed by atoms with Gasteiger partial charge in [0, 0.05) is 30.7 Å². The quantitative estimate of drug-likeness (QED) is 0.121. The number of non-ortho nitro benzene ring substituents is 1. The van der Waals surface area contributed by atoms with Crippen LogP contribution in [0.25, 0.3) is 0 Å². The van der Waals surface area contributed by atoms with Crippen LogP contribution in [0.3, 0.4) is 0 Å². The molecule has 0 unspecified atom stereocenters. The molecule has 0 saturated carbocycles. The SMILES string of the molecule is CC(C)C[C@@H](NC(=O)[C@H](Cc1ccc(O)cc1)NC(=O)CCC(=O)O)C(=O)N[C@@H](C(=O)Nc1ccc([N+](=O)[O-])cc1)C(C)C. The number of phenolic OH excluding ortho intramolecular Hbond substituents is 1. The van der Waals surface area contributed by atoms with E-state index in [0.717, 1.165) is 0 Å². The molecule has 238 valence electrons. The van der Waals surface area contributed by atoms with E-state index in [4.69, 9.17) is 5.11 Å². The number of carbonyl (C=O) groups excluding carboxylic acids is 4. The van der Waals surface area contributed by atoms with Crippen molar-refractivity contribution in [2.45, 2.75) is 71.5 Å². The molecule has 0 fully saturated rings. The van der Waals surface area contributed by atoms with Gasteiger partial charge in [-0.05, 0) is 48.1 Å². The molecule has 0 aliphatic carbocycles. The summed E-state index contributed by atoms with van der Waals surface area (Å²) in [6.45, 7) is 7.12. The number of rotatable bonds is 16. The van der Waals surface area contributed by atoms with E-state index in [2.05, 4.69) is 21.3 Å². The van der Waals surface area contributed by atoms with Gasteiger partial charge in [0.2, 0.25) is 23.6 Å². The Kier molecular flexibility index (Phi) is 13.3. The molecule has 2 aromatic carbocycles. The molecule has 4 amide bonds. The van der Waals surface area contributed by atoms with Crippen LogP contribution in [-0.4, -0.2) is 62.9 Å². The number of hydrogen-bond acceptors (Lipinski definition) is 8. The number of benzene rings is 2. The fourth-order valence-electron chi connectivity index (χ4n) is 4.21. The molecule has 2 rings (SSSR count). The van der Waals surface area contributed by atoms with Gasteiger partial charge in [-0.1, -0.05) is 39.8 Å². The molecule has 2 aromatic rings. The summed E-state index contributed by atoms with van der Waals surface area (Å²) in [4.78, 5) is 73.7. The number of amides is 4. The smallest absolute Gasteiger partial charge is 0.303 e. The standard InChI is InChI=1S/C30H39N5O9/c1-17(2)15-23(29(41)34-27(18(3)4)30(42)31-20-7-9-21(10-8-20)35(43)44)33-28(40)24(32-25(37)13-14-26(38)39)16-19-5-11-22(36)12-6-19/h5-12,17-18,23-24,27,36H,13-16H2,1-4H3,(H,31,42)(H,32,37)(H,33,40)(H,34,41)(H,38,39)/t23-,24+,27-/m1/s1. The van der Waals surface area contributed by atoms with E-state index in [1.165, 1.54) is 36.4 Å². The average Bonchev–Trinajstić information content (AvgIpc) is 2.94. The van der Waals surface area contributed by atoms with Crippen molar-refractivity contribution in [1.82, 2.24) is 16.0 Å². The number of nitro benzene ring substituents is 1. The highest BCUT2D eigenvalue weighted by atomic mass is 16.6. The summed E-state index contributed by atoms with van der Waals surface area (Å²) >= 11 is 0. The maximum absolute atomic E-state index is 13.5. The van der Waals surface area contributed by atoms with Gasteiger partial charge in [-0.3, -0.25) is 34.1 Å². The Hall–Kier alpha value is -5.01. The van der Waals surface area contributed by atoms with E-state index in [9.17, 15) is 39.2 Å². The highest BCUT2D eigenvalue weighted by molar-refractivity contribution is 5.99. The van der Waals surface area contributed by atoms with Gasteiger partial charge in [0.25, 0.3) is 5.69 Å². The number of hydrogen-bond donors (Lipinski definition) is 6. The van der Waals surface area contributed by atoms with Crippen molar-refractivity contribution in [1.29, 1.82) is 0 Å². The number of nitrogens with zero attached hydrogens (tertiary/aromatic N) is 1. The van der Waals surface area contributed by atoms with Crippen molar-refractivity contribution in [3.8, 4) is 5.75 Å². The monoisotopic (exact) mass is 613 g/mol. The Morgan fingerprint density at radius 3 is 1.91 bits per heavy atom. The third-order valence-electron chi connectivity index (χ3n) is 6.53. The van der Waals surface area contributed by atoms with E-state index in [1.807, 2.05) is 13.8 Å². The summed E-state index contributed by atoms with van der Waals surface area (Å²) < 4.78 is 0. The number of aromatic hydroxyl groups is 1. The lowest BCUT2D eigenvalue weighted by Crippen LogP contribution is -2.57. The minimum Gasteiger partial charge on any atom is -0.508 e. The van der Waals surface area contributed by atoms with E-state index in [0.29, 0.717) is 11.3 Å². The van der Waals surface area contributed by atoms with Gasteiger partial charge in [0.05, 0.1) is 11.3 Å². The Morgan fingerprint density at radius 1 is 0.795 bits per heavy atom. The molecular formula is C30H39N5O9. The topological polar surface area (TPSA) is 217 Å². The zero-order chi connectivity index (χ0) is 33.0. The Balaban J connectivity index is 2.22. The summed E-state index contributed by atoms with van der Waals surface area (Å²) in [6, 6.07) is 7.90. The van der Waals surface area contributed by atoms with Crippen LogP contribution in [-0.2, 0) is 30.4 Å². The van der Waals surface area contributed by atoms with Crippen molar-refractivity contribution in [2.24, 2.45) is 11.8 Å². The number of phenols is 1. The molecule has 3 atom stereocenters. The first kappa shape index (κ1) is 35.2. The van der Waals surface area contributed by atoms with Crippen molar-refractivity contribution in [3.63, 3.8) is 0 Å². The van der Waals surface area contributed by atoms with Crippen LogP contribution in [0.2, 0.25) is 0 Å². The summed E-state index contributed by atoms with van der Waals surface area (Å²) in [7, 11) is 0. The fourth-order valence-corrected chi connectivity index (χ4v) is 4.21. The number of carboxylic acids is 1. The Morgan fingerprint density at radius 2 is 1.39 bits per heavy atom. The molecule has 0 spiro atoms. The maximum atomic E-state index is 13.5. The zero-order valence-corrected chi connectivity index (χ0v) is 25.0. The van der Waals surface area contributed by atoms with Crippen LogP contribution in [0.5, 0.6) is 5.75 Å². The summed E-state index contributed by atoms with van der Waals surface area (Å²) in [6.07, 6.45) is -0.598. The largest absolute Gasteiger partial charge is 0.508 e. The molecule has 0 aliphatic rings. The number of carbonyl (C=O) groups is 5. The van der Waals surface area contributed by atoms with Crippen LogP contribution < -0.4 is 21.3 Å². The van der Waals surface area contributed by atoms with Gasteiger partial charge < -0.3 is 31.5 Å². The van der Waals surface area contributed by atoms with Crippen molar-refractivity contribution >= 4 is 41.0 Å². The van der Waals surface area contributed by atoms with Crippen molar-refractivity contribution in [2.75, 3.05) is 5.32 Å². The molecule has 0 saturated heterocycles. The lowest BCUT2D eigenvalue weighted by Gasteiger charge is -2.27. The number of anilines is 1. The molecule has 14 nitrogen and oxygen atoms in total. The first-order valence-electron chi connectivity index (χ1n) is 14.1. The van der Waals surface area contributed by atoms with E-state index < -0.39 is 59.1 Å². The molecule has 6 N–H and O–H groups in total. The van der Waals surface area contributed by atoms with E-state index in [1.54, 1.807) is 26.0 Å². The third-order valence-corrected chi connectivity index (χ3v) is 6.53. The van der Waals surface area contributed by atoms with Crippen LogP contribution in [0.1, 0.15) is 52.5 Å².